The van der Waals surface area contributed by atoms with Gasteiger partial charge in [-0.1, -0.05) is 12.1 Å². The maximum Gasteiger partial charge on any atom is 0.308 e. The van der Waals surface area contributed by atoms with Gasteiger partial charge in [0.2, 0.25) is 5.91 Å². The van der Waals surface area contributed by atoms with Crippen LogP contribution in [0.3, 0.4) is 0 Å². The lowest BCUT2D eigenvalue weighted by molar-refractivity contribution is -0.144. The van der Waals surface area contributed by atoms with Gasteiger partial charge in [-0.3, -0.25) is 9.59 Å². The van der Waals surface area contributed by atoms with Crippen LogP contribution in [0.25, 0.3) is 6.08 Å². The molecule has 0 bridgehead atoms. The minimum Gasteiger partial charge on any atom is -0.481 e. The highest BCUT2D eigenvalue weighted by atomic mass is 19.1. The molecule has 5 heteroatoms. The Morgan fingerprint density at radius 1 is 1.40 bits per heavy atom. The van der Waals surface area contributed by atoms with Crippen LogP contribution in [0.15, 0.2) is 30.3 Å². The van der Waals surface area contributed by atoms with Crippen molar-refractivity contribution in [2.45, 2.75) is 12.8 Å². The van der Waals surface area contributed by atoms with Gasteiger partial charge < -0.3 is 10.0 Å². The van der Waals surface area contributed by atoms with Crippen LogP contribution in [0.4, 0.5) is 4.39 Å². The second-order valence-corrected chi connectivity index (χ2v) is 4.85. The van der Waals surface area contributed by atoms with Crippen molar-refractivity contribution < 1.29 is 19.1 Å². The van der Waals surface area contributed by atoms with Gasteiger partial charge in [-0.05, 0) is 36.6 Å². The third kappa shape index (κ3) is 3.66. The van der Waals surface area contributed by atoms with E-state index in [9.17, 15) is 14.0 Å². The van der Waals surface area contributed by atoms with Crippen LogP contribution in [0.2, 0.25) is 0 Å². The Kier molecular flexibility index (Phi) is 4.50. The molecule has 1 aromatic rings. The number of amides is 1. The smallest absolute Gasteiger partial charge is 0.308 e. The number of rotatable bonds is 3. The molecule has 4 nitrogen and oxygen atoms in total. The number of carboxylic acid groups (broad SMARTS) is 1. The van der Waals surface area contributed by atoms with Gasteiger partial charge in [0, 0.05) is 19.2 Å². The average Bonchev–Trinajstić information content (AvgIpc) is 2.45. The number of likely N-dealkylation sites (tertiary alicyclic amines) is 1. The lowest BCUT2D eigenvalue weighted by atomic mass is 9.98. The Morgan fingerprint density at radius 2 is 2.20 bits per heavy atom. The van der Waals surface area contributed by atoms with E-state index in [0.29, 0.717) is 24.9 Å². The molecule has 0 aliphatic carbocycles. The topological polar surface area (TPSA) is 57.6 Å². The molecule has 1 aliphatic rings. The zero-order valence-corrected chi connectivity index (χ0v) is 11.0. The van der Waals surface area contributed by atoms with Crippen LogP contribution < -0.4 is 0 Å². The number of carbonyl (C=O) groups excluding carboxylic acids is 1. The molecule has 0 unspecified atom stereocenters. The highest BCUT2D eigenvalue weighted by Crippen LogP contribution is 2.17. The molecule has 1 aliphatic heterocycles. The van der Waals surface area contributed by atoms with E-state index >= 15 is 0 Å². The van der Waals surface area contributed by atoms with Crippen molar-refractivity contribution >= 4 is 18.0 Å². The van der Waals surface area contributed by atoms with Crippen molar-refractivity contribution in [3.63, 3.8) is 0 Å². The third-order valence-corrected chi connectivity index (χ3v) is 3.35. The van der Waals surface area contributed by atoms with E-state index in [4.69, 9.17) is 5.11 Å². The molecular formula is C15H16FNO3. The number of hydrogen-bond donors (Lipinski definition) is 1. The number of carboxylic acids is 1. The Balaban J connectivity index is 1.99. The Bertz CT molecular complexity index is 542. The van der Waals surface area contributed by atoms with Crippen LogP contribution in [0.5, 0.6) is 0 Å². The van der Waals surface area contributed by atoms with Crippen molar-refractivity contribution in [2.24, 2.45) is 5.92 Å². The minimum absolute atomic E-state index is 0.236. The lowest BCUT2D eigenvalue weighted by Crippen LogP contribution is -2.41. The van der Waals surface area contributed by atoms with Crippen LogP contribution in [-0.4, -0.2) is 35.0 Å². The first-order chi connectivity index (χ1) is 9.56. The van der Waals surface area contributed by atoms with Gasteiger partial charge in [-0.2, -0.15) is 0 Å². The molecule has 2 rings (SSSR count). The molecule has 1 saturated heterocycles. The predicted octanol–water partition coefficient (Wildman–Crippen LogP) is 2.16. The van der Waals surface area contributed by atoms with E-state index in [0.717, 1.165) is 0 Å². The van der Waals surface area contributed by atoms with Gasteiger partial charge in [-0.25, -0.2) is 4.39 Å². The first-order valence-electron chi connectivity index (χ1n) is 6.51. The fraction of sp³-hybridized carbons (Fsp3) is 0.333. The summed E-state index contributed by atoms with van der Waals surface area (Å²) >= 11 is 0. The van der Waals surface area contributed by atoms with Crippen molar-refractivity contribution in [2.75, 3.05) is 13.1 Å². The highest BCUT2D eigenvalue weighted by Gasteiger charge is 2.26. The monoisotopic (exact) mass is 277 g/mol. The summed E-state index contributed by atoms with van der Waals surface area (Å²) in [5.41, 5.74) is 0.602. The number of carbonyl (C=O) groups is 2. The van der Waals surface area contributed by atoms with Gasteiger partial charge in [0.1, 0.15) is 5.82 Å². The first kappa shape index (κ1) is 14.2. The molecule has 0 spiro atoms. The summed E-state index contributed by atoms with van der Waals surface area (Å²) in [7, 11) is 0. The standard InChI is InChI=1S/C15H16FNO3/c16-13-5-1-3-11(9-13)6-7-14(18)17-8-2-4-12(10-17)15(19)20/h1,3,5-7,9,12H,2,4,8,10H2,(H,19,20)/b7-6-/t12-/m1/s1. The molecule has 0 radical (unpaired) electrons. The van der Waals surface area contributed by atoms with E-state index in [2.05, 4.69) is 0 Å². The van der Waals surface area contributed by atoms with Crippen LogP contribution in [0.1, 0.15) is 18.4 Å². The van der Waals surface area contributed by atoms with Gasteiger partial charge in [0.05, 0.1) is 5.92 Å². The molecule has 1 fully saturated rings. The molecule has 1 heterocycles. The summed E-state index contributed by atoms with van der Waals surface area (Å²) in [6.07, 6.45) is 4.19. The number of aliphatic carboxylic acids is 1. The highest BCUT2D eigenvalue weighted by molar-refractivity contribution is 5.92. The van der Waals surface area contributed by atoms with Crippen molar-refractivity contribution in [1.82, 2.24) is 4.90 Å². The number of halogens is 1. The molecule has 20 heavy (non-hydrogen) atoms. The SMILES string of the molecule is O=C(O)[C@@H]1CCCN(C(=O)/C=C\c2cccc(F)c2)C1. The molecule has 1 aromatic carbocycles. The zero-order valence-electron chi connectivity index (χ0n) is 11.0. The maximum absolute atomic E-state index is 13.0. The Morgan fingerprint density at radius 3 is 2.90 bits per heavy atom. The van der Waals surface area contributed by atoms with Gasteiger partial charge >= 0.3 is 5.97 Å². The van der Waals surface area contributed by atoms with Crippen molar-refractivity contribution in [3.8, 4) is 0 Å². The summed E-state index contributed by atoms with van der Waals surface area (Å²) in [6, 6.07) is 5.94. The lowest BCUT2D eigenvalue weighted by Gasteiger charge is -2.29. The number of nitrogens with zero attached hydrogens (tertiary/aromatic N) is 1. The van der Waals surface area contributed by atoms with E-state index in [1.165, 1.54) is 29.2 Å². The quantitative estimate of drug-likeness (QED) is 0.861. The normalized spacial score (nSPS) is 19.2. The second-order valence-electron chi connectivity index (χ2n) is 4.85. The summed E-state index contributed by atoms with van der Waals surface area (Å²) in [6.45, 7) is 0.803. The molecule has 1 amide bonds. The summed E-state index contributed by atoms with van der Waals surface area (Å²) in [4.78, 5) is 24.4. The largest absolute Gasteiger partial charge is 0.481 e. The van der Waals surface area contributed by atoms with Crippen LogP contribution in [0, 0.1) is 11.7 Å². The second kappa shape index (κ2) is 6.32. The van der Waals surface area contributed by atoms with E-state index in [-0.39, 0.29) is 18.3 Å². The van der Waals surface area contributed by atoms with Gasteiger partial charge in [-0.15, -0.1) is 0 Å². The fourth-order valence-electron chi connectivity index (χ4n) is 2.26. The molecule has 0 aromatic heterocycles. The summed E-state index contributed by atoms with van der Waals surface area (Å²) < 4.78 is 13.0. The minimum atomic E-state index is -0.864. The number of benzene rings is 1. The Labute approximate surface area is 116 Å². The molecule has 1 N–H and O–H groups in total. The zero-order chi connectivity index (χ0) is 14.5. The summed E-state index contributed by atoms with van der Waals surface area (Å²) in [5, 5.41) is 8.98. The number of hydrogen-bond acceptors (Lipinski definition) is 2. The third-order valence-electron chi connectivity index (χ3n) is 3.35. The molecule has 1 atom stereocenters. The van der Waals surface area contributed by atoms with Crippen molar-refractivity contribution in [3.05, 3.63) is 41.7 Å². The first-order valence-corrected chi connectivity index (χ1v) is 6.51. The molecule has 0 saturated carbocycles. The average molecular weight is 277 g/mol. The van der Waals surface area contributed by atoms with Gasteiger partial charge in [0.15, 0.2) is 0 Å². The Hall–Kier alpha value is -2.17. The van der Waals surface area contributed by atoms with E-state index in [1.807, 2.05) is 0 Å². The van der Waals surface area contributed by atoms with E-state index in [1.54, 1.807) is 12.1 Å². The van der Waals surface area contributed by atoms with E-state index < -0.39 is 11.9 Å². The van der Waals surface area contributed by atoms with Gasteiger partial charge in [0.25, 0.3) is 0 Å². The van der Waals surface area contributed by atoms with Crippen molar-refractivity contribution in [1.29, 1.82) is 0 Å². The molecular weight excluding hydrogens is 261 g/mol. The van der Waals surface area contributed by atoms with Crippen LogP contribution in [-0.2, 0) is 9.59 Å². The number of piperidine rings is 1. The summed E-state index contributed by atoms with van der Waals surface area (Å²) in [5.74, 6) is -1.95. The maximum atomic E-state index is 13.0. The predicted molar refractivity (Wildman–Crippen MR) is 72.4 cm³/mol. The molecule has 106 valence electrons. The van der Waals surface area contributed by atoms with Crippen LogP contribution >= 0.6 is 0 Å². The fourth-order valence-corrected chi connectivity index (χ4v) is 2.26.